The number of cyclic esters (lactones) is 1. The zero-order valence-electron chi connectivity index (χ0n) is 15.9. The number of carbonyl (C=O) groups is 2. The second-order valence-electron chi connectivity index (χ2n) is 7.90. The van der Waals surface area contributed by atoms with Gasteiger partial charge in [-0.2, -0.15) is 0 Å². The van der Waals surface area contributed by atoms with Crippen LogP contribution in [-0.4, -0.2) is 27.7 Å². The Bertz CT molecular complexity index is 952. The lowest BCUT2D eigenvalue weighted by molar-refractivity contribution is -0.134. The molecular weight excluding hydrogens is 365 g/mol. The third-order valence-electron chi connectivity index (χ3n) is 4.90. The highest BCUT2D eigenvalue weighted by Gasteiger charge is 2.39. The van der Waals surface area contributed by atoms with Gasteiger partial charge in [0.15, 0.2) is 0 Å². The Morgan fingerprint density at radius 3 is 2.64 bits per heavy atom. The fraction of sp³-hybridized carbons (Fsp3) is 0.333. The standard InChI is InChI=1S/C21H22FNO5/c1-20(2,16-9-13(22)4-7-17(16)24)11-21(3,27)19(26)23-14-5-6-15-12(8-14)10-28-18(15)25/h4-9,24,27H,10-11H2,1-3H3,(H,23,26). The van der Waals surface area contributed by atoms with Crippen molar-refractivity contribution >= 4 is 17.6 Å². The lowest BCUT2D eigenvalue weighted by Gasteiger charge is -2.33. The Hall–Kier alpha value is -2.93. The normalized spacial score (nSPS) is 15.5. The summed E-state index contributed by atoms with van der Waals surface area (Å²) in [5.41, 5.74) is -0.846. The van der Waals surface area contributed by atoms with Gasteiger partial charge in [0.05, 0.1) is 5.56 Å². The molecule has 1 unspecified atom stereocenters. The number of ether oxygens (including phenoxy) is 1. The van der Waals surface area contributed by atoms with Crippen LogP contribution in [-0.2, 0) is 21.6 Å². The van der Waals surface area contributed by atoms with E-state index in [1.165, 1.54) is 19.1 Å². The van der Waals surface area contributed by atoms with Crippen LogP contribution in [0.4, 0.5) is 10.1 Å². The number of nitrogens with one attached hydrogen (secondary N) is 1. The highest BCUT2D eigenvalue weighted by molar-refractivity contribution is 5.98. The first kappa shape index (κ1) is 19.8. The molecule has 1 heterocycles. The lowest BCUT2D eigenvalue weighted by atomic mass is 9.75. The van der Waals surface area contributed by atoms with Crippen LogP contribution in [0.15, 0.2) is 36.4 Å². The van der Waals surface area contributed by atoms with E-state index in [4.69, 9.17) is 4.74 Å². The summed E-state index contributed by atoms with van der Waals surface area (Å²) >= 11 is 0. The van der Waals surface area contributed by atoms with Crippen molar-refractivity contribution < 1.29 is 28.9 Å². The van der Waals surface area contributed by atoms with E-state index in [-0.39, 0.29) is 18.8 Å². The minimum Gasteiger partial charge on any atom is -0.508 e. The molecule has 0 saturated heterocycles. The van der Waals surface area contributed by atoms with Gasteiger partial charge in [0.25, 0.3) is 5.91 Å². The monoisotopic (exact) mass is 387 g/mol. The predicted molar refractivity (Wildman–Crippen MR) is 101 cm³/mol. The lowest BCUT2D eigenvalue weighted by Crippen LogP contribution is -2.44. The van der Waals surface area contributed by atoms with Crippen molar-refractivity contribution in [2.45, 2.75) is 44.8 Å². The summed E-state index contributed by atoms with van der Waals surface area (Å²) in [7, 11) is 0. The number of aliphatic hydroxyl groups is 1. The number of fused-ring (bicyclic) bond motifs is 1. The molecule has 1 aliphatic heterocycles. The van der Waals surface area contributed by atoms with E-state index in [9.17, 15) is 24.2 Å². The maximum Gasteiger partial charge on any atom is 0.338 e. The molecule has 0 saturated carbocycles. The summed E-state index contributed by atoms with van der Waals surface area (Å²) in [6, 6.07) is 8.32. The van der Waals surface area contributed by atoms with Gasteiger partial charge in [0.2, 0.25) is 0 Å². The van der Waals surface area contributed by atoms with Crippen molar-refractivity contribution in [3.63, 3.8) is 0 Å². The smallest absolute Gasteiger partial charge is 0.338 e. The van der Waals surface area contributed by atoms with Crippen LogP contribution in [0.2, 0.25) is 0 Å². The predicted octanol–water partition coefficient (Wildman–Crippen LogP) is 3.26. The molecule has 2 aromatic carbocycles. The number of aromatic hydroxyl groups is 1. The SMILES string of the molecule is CC(O)(CC(C)(C)c1cc(F)ccc1O)C(=O)Nc1ccc2c(c1)COC2=O. The molecule has 1 aliphatic rings. The molecule has 0 radical (unpaired) electrons. The molecule has 2 aromatic rings. The molecule has 0 aliphatic carbocycles. The third kappa shape index (κ3) is 3.84. The maximum atomic E-state index is 13.6. The first-order valence-corrected chi connectivity index (χ1v) is 8.82. The average Bonchev–Trinajstić information content (AvgIpc) is 2.96. The summed E-state index contributed by atoms with van der Waals surface area (Å²) in [6.07, 6.45) is -0.0601. The van der Waals surface area contributed by atoms with E-state index < -0.39 is 28.7 Å². The first-order valence-electron chi connectivity index (χ1n) is 8.82. The van der Waals surface area contributed by atoms with Crippen LogP contribution in [0.25, 0.3) is 0 Å². The van der Waals surface area contributed by atoms with Gasteiger partial charge in [-0.1, -0.05) is 13.8 Å². The Labute approximate surface area is 162 Å². The molecule has 0 fully saturated rings. The fourth-order valence-corrected chi connectivity index (χ4v) is 3.56. The van der Waals surface area contributed by atoms with Crippen molar-refractivity contribution in [1.82, 2.24) is 0 Å². The molecule has 3 rings (SSSR count). The van der Waals surface area contributed by atoms with Crippen LogP contribution < -0.4 is 5.32 Å². The van der Waals surface area contributed by atoms with Gasteiger partial charge >= 0.3 is 5.97 Å². The van der Waals surface area contributed by atoms with Gasteiger partial charge in [-0.3, -0.25) is 4.79 Å². The summed E-state index contributed by atoms with van der Waals surface area (Å²) in [5.74, 6) is -1.68. The van der Waals surface area contributed by atoms with Crippen LogP contribution >= 0.6 is 0 Å². The second kappa shape index (κ2) is 6.91. The van der Waals surface area contributed by atoms with Crippen LogP contribution in [0.5, 0.6) is 5.75 Å². The van der Waals surface area contributed by atoms with Crippen molar-refractivity contribution in [3.8, 4) is 5.75 Å². The number of rotatable bonds is 5. The first-order chi connectivity index (χ1) is 13.0. The number of benzene rings is 2. The average molecular weight is 387 g/mol. The fourth-order valence-electron chi connectivity index (χ4n) is 3.56. The Morgan fingerprint density at radius 2 is 1.93 bits per heavy atom. The molecule has 28 heavy (non-hydrogen) atoms. The van der Waals surface area contributed by atoms with Crippen LogP contribution in [0, 0.1) is 5.82 Å². The van der Waals surface area contributed by atoms with E-state index >= 15 is 0 Å². The molecule has 3 N–H and O–H groups in total. The molecule has 148 valence electrons. The summed E-state index contributed by atoms with van der Waals surface area (Å²) in [4.78, 5) is 24.2. The summed E-state index contributed by atoms with van der Waals surface area (Å²) in [5, 5.41) is 23.5. The largest absolute Gasteiger partial charge is 0.508 e. The van der Waals surface area contributed by atoms with Gasteiger partial charge in [0.1, 0.15) is 23.8 Å². The minimum absolute atomic E-state index is 0.0601. The molecule has 7 heteroatoms. The van der Waals surface area contributed by atoms with Crippen molar-refractivity contribution in [2.24, 2.45) is 0 Å². The zero-order chi connectivity index (χ0) is 20.7. The van der Waals surface area contributed by atoms with Gasteiger partial charge in [-0.15, -0.1) is 0 Å². The van der Waals surface area contributed by atoms with E-state index in [2.05, 4.69) is 5.32 Å². The molecule has 0 aromatic heterocycles. The van der Waals surface area contributed by atoms with Gasteiger partial charge in [0, 0.05) is 16.8 Å². The number of phenolic OH excluding ortho intramolecular Hbond substituents is 1. The number of hydrogen-bond acceptors (Lipinski definition) is 5. The number of hydrogen-bond donors (Lipinski definition) is 3. The molecular formula is C21H22FNO5. The van der Waals surface area contributed by atoms with E-state index in [1.807, 2.05) is 0 Å². The number of anilines is 1. The second-order valence-corrected chi connectivity index (χ2v) is 7.90. The van der Waals surface area contributed by atoms with Gasteiger partial charge < -0.3 is 20.3 Å². The Kier molecular flexibility index (Phi) is 4.89. The molecule has 0 bridgehead atoms. The summed E-state index contributed by atoms with van der Waals surface area (Å²) < 4.78 is 18.5. The Morgan fingerprint density at radius 1 is 1.21 bits per heavy atom. The molecule has 0 spiro atoms. The van der Waals surface area contributed by atoms with E-state index in [1.54, 1.807) is 32.0 Å². The zero-order valence-corrected chi connectivity index (χ0v) is 15.9. The van der Waals surface area contributed by atoms with E-state index in [0.29, 0.717) is 22.4 Å². The summed E-state index contributed by atoms with van der Waals surface area (Å²) in [6.45, 7) is 4.92. The van der Waals surface area contributed by atoms with Gasteiger partial charge in [-0.05, 0) is 55.2 Å². The quantitative estimate of drug-likeness (QED) is 0.685. The highest BCUT2D eigenvalue weighted by Crippen LogP contribution is 2.38. The van der Waals surface area contributed by atoms with Crippen LogP contribution in [0.3, 0.4) is 0 Å². The Balaban J connectivity index is 1.77. The van der Waals surface area contributed by atoms with Gasteiger partial charge in [-0.25, -0.2) is 9.18 Å². The third-order valence-corrected chi connectivity index (χ3v) is 4.90. The topological polar surface area (TPSA) is 95.9 Å². The highest BCUT2D eigenvalue weighted by atomic mass is 19.1. The number of carbonyl (C=O) groups excluding carboxylic acids is 2. The van der Waals surface area contributed by atoms with E-state index in [0.717, 1.165) is 6.07 Å². The number of amides is 1. The minimum atomic E-state index is -1.80. The number of halogens is 1. The molecule has 1 amide bonds. The van der Waals surface area contributed by atoms with Crippen molar-refractivity contribution in [3.05, 3.63) is 58.9 Å². The van der Waals surface area contributed by atoms with Crippen molar-refractivity contribution in [2.75, 3.05) is 5.32 Å². The molecule has 1 atom stereocenters. The molecule has 6 nitrogen and oxygen atoms in total. The number of phenols is 1. The van der Waals surface area contributed by atoms with Crippen LogP contribution in [0.1, 0.15) is 48.7 Å². The maximum absolute atomic E-state index is 13.6. The number of esters is 1. The van der Waals surface area contributed by atoms with Crippen molar-refractivity contribution in [1.29, 1.82) is 0 Å².